The first-order valence-corrected chi connectivity index (χ1v) is 12.1. The molecule has 168 valence electrons. The number of para-hydroxylation sites is 2. The van der Waals surface area contributed by atoms with Crippen molar-refractivity contribution in [1.29, 1.82) is 0 Å². The van der Waals surface area contributed by atoms with Crippen LogP contribution in [-0.2, 0) is 9.53 Å². The maximum atomic E-state index is 12.9. The lowest BCUT2D eigenvalue weighted by Gasteiger charge is -2.46. The monoisotopic (exact) mass is 425 g/mol. The number of carbonyl (C=O) groups excluding carboxylic acids is 1. The van der Waals surface area contributed by atoms with Crippen LogP contribution >= 0.6 is 0 Å². The fraction of sp³-hybridized carbons (Fsp3) is 0.654. The topological polar surface area (TPSA) is 43.2 Å². The van der Waals surface area contributed by atoms with Gasteiger partial charge in [-0.3, -0.25) is 4.79 Å². The third-order valence-electron chi connectivity index (χ3n) is 8.49. The van der Waals surface area contributed by atoms with Gasteiger partial charge in [0.1, 0.15) is 17.8 Å². The Labute approximate surface area is 186 Å². The summed E-state index contributed by atoms with van der Waals surface area (Å²) in [6, 6.07) is 8.25. The summed E-state index contributed by atoms with van der Waals surface area (Å²) in [6.45, 7) is 9.73. The highest BCUT2D eigenvalue weighted by molar-refractivity contribution is 5.76. The smallest absolute Gasteiger partial charge is 0.315 e. The second kappa shape index (κ2) is 8.16. The Bertz CT molecular complexity index is 860. The van der Waals surface area contributed by atoms with Gasteiger partial charge in [-0.1, -0.05) is 44.1 Å². The normalized spacial score (nSPS) is 35.8. The largest absolute Gasteiger partial charge is 0.495 e. The number of allylic oxidation sites excluding steroid dienone is 1. The average Bonchev–Trinajstić information content (AvgIpc) is 3.06. The van der Waals surface area contributed by atoms with Crippen molar-refractivity contribution in [3.05, 3.63) is 35.9 Å². The van der Waals surface area contributed by atoms with E-state index >= 15 is 0 Å². The quantitative estimate of drug-likeness (QED) is 0.595. The number of ether oxygens (including phenoxy) is 2. The number of esters is 1. The Morgan fingerprint density at radius 3 is 2.81 bits per heavy atom. The van der Waals surface area contributed by atoms with Gasteiger partial charge in [-0.05, 0) is 42.7 Å². The summed E-state index contributed by atoms with van der Waals surface area (Å²) in [5.74, 6) is 1.92. The van der Waals surface area contributed by atoms with Crippen LogP contribution in [-0.4, -0.2) is 51.9 Å². The van der Waals surface area contributed by atoms with Crippen LogP contribution in [0.2, 0.25) is 0 Å². The van der Waals surface area contributed by atoms with Crippen LogP contribution in [0.4, 0.5) is 5.69 Å². The standard InChI is InChI=1S/C26H36N2O3/c1-18-7-6-10-26(2)16-24-19(15-21(18)26)20(25(29)31-24)17-27-11-13-28(14-12-27)22-8-4-5-9-23(22)30-3/h4-5,8-9,15,18-20,24H,6-7,10-14,16-17H2,1-3H3/p+1/t18-,19+,20+,24+,26+/m0/s1. The summed E-state index contributed by atoms with van der Waals surface area (Å²) in [7, 11) is 1.74. The second-order valence-corrected chi connectivity index (χ2v) is 10.5. The highest BCUT2D eigenvalue weighted by atomic mass is 16.6. The first-order chi connectivity index (χ1) is 15.0. The number of piperazine rings is 1. The number of fused-ring (bicyclic) bond motifs is 2. The molecule has 3 fully saturated rings. The third kappa shape index (κ3) is 3.75. The molecule has 2 aliphatic heterocycles. The van der Waals surface area contributed by atoms with Gasteiger partial charge in [-0.25, -0.2) is 0 Å². The molecule has 0 radical (unpaired) electrons. The number of rotatable bonds is 4. The first kappa shape index (κ1) is 20.9. The maximum Gasteiger partial charge on any atom is 0.315 e. The Morgan fingerprint density at radius 2 is 2.03 bits per heavy atom. The predicted octanol–water partition coefficient (Wildman–Crippen LogP) is 2.71. The zero-order chi connectivity index (χ0) is 21.6. The summed E-state index contributed by atoms with van der Waals surface area (Å²) in [4.78, 5) is 16.8. The Kier molecular flexibility index (Phi) is 5.49. The number of benzene rings is 1. The lowest BCUT2D eigenvalue weighted by molar-refractivity contribution is -0.903. The zero-order valence-corrected chi connectivity index (χ0v) is 19.2. The molecule has 5 rings (SSSR count). The van der Waals surface area contributed by atoms with Crippen LogP contribution in [0.15, 0.2) is 35.9 Å². The van der Waals surface area contributed by atoms with Crippen molar-refractivity contribution in [2.45, 2.75) is 45.6 Å². The Morgan fingerprint density at radius 1 is 1.26 bits per heavy atom. The number of hydrogen-bond acceptors (Lipinski definition) is 4. The molecular formula is C26H37N2O3+. The summed E-state index contributed by atoms with van der Waals surface area (Å²) in [5.41, 5.74) is 3.02. The molecule has 0 amide bonds. The van der Waals surface area contributed by atoms with Crippen LogP contribution in [0.1, 0.15) is 39.5 Å². The highest BCUT2D eigenvalue weighted by Gasteiger charge is 2.52. The van der Waals surface area contributed by atoms with Crippen molar-refractivity contribution in [2.24, 2.45) is 23.2 Å². The number of methoxy groups -OCH3 is 1. The molecule has 2 saturated heterocycles. The molecule has 1 aromatic carbocycles. The third-order valence-corrected chi connectivity index (χ3v) is 8.49. The molecule has 4 aliphatic rings. The van der Waals surface area contributed by atoms with Gasteiger partial charge in [0.25, 0.3) is 0 Å². The Balaban J connectivity index is 1.26. The van der Waals surface area contributed by atoms with Gasteiger partial charge in [0.05, 0.1) is 45.5 Å². The number of carbonyl (C=O) groups is 1. The molecule has 5 atom stereocenters. The molecule has 1 aromatic rings. The number of nitrogens with zero attached hydrogens (tertiary/aromatic N) is 1. The molecule has 31 heavy (non-hydrogen) atoms. The molecule has 2 aliphatic carbocycles. The number of hydrogen-bond donors (Lipinski definition) is 1. The minimum Gasteiger partial charge on any atom is -0.495 e. The van der Waals surface area contributed by atoms with Gasteiger partial charge < -0.3 is 19.3 Å². The van der Waals surface area contributed by atoms with Crippen LogP contribution in [0.5, 0.6) is 5.75 Å². The van der Waals surface area contributed by atoms with Crippen molar-refractivity contribution < 1.29 is 19.2 Å². The van der Waals surface area contributed by atoms with E-state index in [4.69, 9.17) is 9.47 Å². The number of quaternary nitrogens is 1. The first-order valence-electron chi connectivity index (χ1n) is 12.1. The SMILES string of the molecule is COc1ccccc1N1CC[NH+](C[C@H]2C(=O)O[C@@H]3C[C@@]4(C)CCC[C@H](C)C4=C[C@@H]32)CC1. The van der Waals surface area contributed by atoms with Crippen molar-refractivity contribution in [3.8, 4) is 5.75 Å². The number of anilines is 1. The molecule has 1 N–H and O–H groups in total. The Hall–Kier alpha value is -2.01. The predicted molar refractivity (Wildman–Crippen MR) is 121 cm³/mol. The molecule has 5 nitrogen and oxygen atoms in total. The van der Waals surface area contributed by atoms with E-state index in [-0.39, 0.29) is 29.3 Å². The van der Waals surface area contributed by atoms with Crippen molar-refractivity contribution in [1.82, 2.24) is 0 Å². The van der Waals surface area contributed by atoms with Gasteiger partial charge in [0.2, 0.25) is 0 Å². The van der Waals surface area contributed by atoms with Gasteiger partial charge in [-0.15, -0.1) is 0 Å². The summed E-state index contributed by atoms with van der Waals surface area (Å²) in [6.07, 6.45) is 7.42. The lowest BCUT2D eigenvalue weighted by Crippen LogP contribution is -3.15. The van der Waals surface area contributed by atoms with E-state index < -0.39 is 0 Å². The molecule has 0 bridgehead atoms. The van der Waals surface area contributed by atoms with E-state index in [1.54, 1.807) is 12.7 Å². The zero-order valence-electron chi connectivity index (χ0n) is 19.2. The van der Waals surface area contributed by atoms with E-state index in [0.717, 1.165) is 44.9 Å². The van der Waals surface area contributed by atoms with Crippen LogP contribution < -0.4 is 14.5 Å². The van der Waals surface area contributed by atoms with Crippen molar-refractivity contribution >= 4 is 11.7 Å². The molecule has 0 aromatic heterocycles. The fourth-order valence-corrected chi connectivity index (χ4v) is 6.75. The summed E-state index contributed by atoms with van der Waals surface area (Å²) >= 11 is 0. The molecular weight excluding hydrogens is 388 g/mol. The van der Waals surface area contributed by atoms with Gasteiger partial charge in [-0.2, -0.15) is 0 Å². The summed E-state index contributed by atoms with van der Waals surface area (Å²) in [5, 5.41) is 0. The van der Waals surface area contributed by atoms with E-state index in [1.807, 2.05) is 12.1 Å². The molecule has 5 heteroatoms. The van der Waals surface area contributed by atoms with E-state index in [2.05, 4.69) is 37.0 Å². The maximum absolute atomic E-state index is 12.9. The van der Waals surface area contributed by atoms with Crippen LogP contribution in [0.25, 0.3) is 0 Å². The summed E-state index contributed by atoms with van der Waals surface area (Å²) < 4.78 is 11.5. The van der Waals surface area contributed by atoms with Gasteiger partial charge >= 0.3 is 5.97 Å². The fourth-order valence-electron chi connectivity index (χ4n) is 6.75. The molecule has 0 spiro atoms. The number of nitrogens with one attached hydrogen (secondary N) is 1. The van der Waals surface area contributed by atoms with Crippen LogP contribution in [0.3, 0.4) is 0 Å². The second-order valence-electron chi connectivity index (χ2n) is 10.5. The highest BCUT2D eigenvalue weighted by Crippen LogP contribution is 2.53. The van der Waals surface area contributed by atoms with E-state index in [1.165, 1.54) is 29.8 Å². The lowest BCUT2D eigenvalue weighted by atomic mass is 9.59. The van der Waals surface area contributed by atoms with Crippen molar-refractivity contribution in [3.63, 3.8) is 0 Å². The van der Waals surface area contributed by atoms with E-state index in [9.17, 15) is 4.79 Å². The van der Waals surface area contributed by atoms with E-state index in [0.29, 0.717) is 5.92 Å². The minimum atomic E-state index is 0.0176. The average molecular weight is 426 g/mol. The van der Waals surface area contributed by atoms with Gasteiger partial charge in [0, 0.05) is 5.92 Å². The molecule has 1 saturated carbocycles. The minimum absolute atomic E-state index is 0.0176. The molecule has 0 unspecified atom stereocenters. The molecule has 2 heterocycles. The van der Waals surface area contributed by atoms with Crippen LogP contribution in [0, 0.1) is 23.2 Å². The van der Waals surface area contributed by atoms with Gasteiger partial charge in [0.15, 0.2) is 0 Å². The van der Waals surface area contributed by atoms with Crippen molar-refractivity contribution in [2.75, 3.05) is 44.7 Å².